The van der Waals surface area contributed by atoms with E-state index in [0.29, 0.717) is 0 Å². The van der Waals surface area contributed by atoms with E-state index in [4.69, 9.17) is 0 Å². The number of aromatic carboxylic acids is 2. The monoisotopic (exact) mass is 267 g/mol. The van der Waals surface area contributed by atoms with Gasteiger partial charge in [0.05, 0.1) is 11.9 Å². The van der Waals surface area contributed by atoms with Gasteiger partial charge in [-0.2, -0.15) is 0 Å². The molecule has 1 aromatic carbocycles. The van der Waals surface area contributed by atoms with Gasteiger partial charge < -0.3 is 19.8 Å². The standard InChI is InChI=1S/C8H6O4.Rh/c9-7(10)5-3-1-2-4-6(5)8(11)12;/h1-4H,(H,9,10)(H,11,12);/q;+2/p-2. The summed E-state index contributed by atoms with van der Waals surface area (Å²) in [6.07, 6.45) is 0. The summed E-state index contributed by atoms with van der Waals surface area (Å²) < 4.78 is 0. The quantitative estimate of drug-likeness (QED) is 0.605. The Morgan fingerprint density at radius 1 is 0.923 bits per heavy atom. The molecule has 1 aromatic rings. The summed E-state index contributed by atoms with van der Waals surface area (Å²) in [6, 6.07) is 5.14. The Hall–Kier alpha value is -1.22. The summed E-state index contributed by atoms with van der Waals surface area (Å²) in [4.78, 5) is 20.6. The van der Waals surface area contributed by atoms with Crippen molar-refractivity contribution in [2.24, 2.45) is 0 Å². The van der Waals surface area contributed by atoms with Crippen molar-refractivity contribution < 1.29 is 39.3 Å². The zero-order chi connectivity index (χ0) is 9.14. The first-order chi connectivity index (χ1) is 5.63. The van der Waals surface area contributed by atoms with Crippen molar-refractivity contribution >= 4 is 11.9 Å². The molecule has 0 saturated carbocycles. The van der Waals surface area contributed by atoms with Gasteiger partial charge in [0.1, 0.15) is 0 Å². The molecule has 0 spiro atoms. The molecule has 1 rings (SSSR count). The molecule has 13 heavy (non-hydrogen) atoms. The average Bonchev–Trinajstić information content (AvgIpc) is 2.04. The van der Waals surface area contributed by atoms with Crippen LogP contribution < -0.4 is 10.2 Å². The Bertz CT molecular complexity index is 302. The van der Waals surface area contributed by atoms with Gasteiger partial charge in [-0.15, -0.1) is 0 Å². The van der Waals surface area contributed by atoms with Gasteiger partial charge in [0.25, 0.3) is 0 Å². The van der Waals surface area contributed by atoms with Crippen LogP contribution >= 0.6 is 0 Å². The van der Waals surface area contributed by atoms with Gasteiger partial charge in [-0.1, -0.05) is 24.3 Å². The van der Waals surface area contributed by atoms with Crippen LogP contribution in [0.2, 0.25) is 0 Å². The fourth-order valence-electron chi connectivity index (χ4n) is 0.839. The second-order valence-electron chi connectivity index (χ2n) is 2.12. The molecule has 0 aliphatic rings. The molecule has 0 aromatic heterocycles. The molecule has 4 nitrogen and oxygen atoms in total. The van der Waals surface area contributed by atoms with Gasteiger partial charge in [-0.05, 0) is 0 Å². The van der Waals surface area contributed by atoms with E-state index in [1.165, 1.54) is 12.1 Å². The predicted molar refractivity (Wildman–Crippen MR) is 35.1 cm³/mol. The molecule has 0 aliphatic carbocycles. The Kier molecular flexibility index (Phi) is 4.28. The van der Waals surface area contributed by atoms with Gasteiger partial charge in [-0.25, -0.2) is 0 Å². The minimum atomic E-state index is -1.52. The van der Waals surface area contributed by atoms with Crippen LogP contribution in [0.15, 0.2) is 24.3 Å². The van der Waals surface area contributed by atoms with Crippen LogP contribution in [-0.2, 0) is 19.5 Å². The van der Waals surface area contributed by atoms with E-state index in [1.807, 2.05) is 0 Å². The van der Waals surface area contributed by atoms with Gasteiger partial charge >= 0.3 is 19.5 Å². The zero-order valence-electron chi connectivity index (χ0n) is 6.28. The first-order valence-corrected chi connectivity index (χ1v) is 3.14. The van der Waals surface area contributed by atoms with E-state index >= 15 is 0 Å². The third-order valence-electron chi connectivity index (χ3n) is 1.37. The van der Waals surface area contributed by atoms with Crippen LogP contribution in [0.3, 0.4) is 0 Å². The van der Waals surface area contributed by atoms with Gasteiger partial charge in [-0.3, -0.25) is 0 Å². The maximum absolute atomic E-state index is 10.3. The first kappa shape index (κ1) is 11.8. The molecule has 0 unspecified atom stereocenters. The van der Waals surface area contributed by atoms with Gasteiger partial charge in [0.2, 0.25) is 0 Å². The van der Waals surface area contributed by atoms with E-state index in [0.717, 1.165) is 12.1 Å². The van der Waals surface area contributed by atoms with Crippen molar-refractivity contribution in [3.63, 3.8) is 0 Å². The van der Waals surface area contributed by atoms with Crippen LogP contribution in [-0.4, -0.2) is 11.9 Å². The third-order valence-corrected chi connectivity index (χ3v) is 1.37. The average molecular weight is 267 g/mol. The molecule has 5 heteroatoms. The van der Waals surface area contributed by atoms with Crippen LogP contribution in [0.4, 0.5) is 0 Å². The maximum Gasteiger partial charge on any atom is 2.00 e. The minimum Gasteiger partial charge on any atom is -0.545 e. The number of carboxylic acid groups (broad SMARTS) is 2. The van der Waals surface area contributed by atoms with Crippen LogP contribution in [0, 0.1) is 0 Å². The van der Waals surface area contributed by atoms with Gasteiger partial charge in [0, 0.05) is 11.1 Å². The van der Waals surface area contributed by atoms with Crippen LogP contribution in [0.5, 0.6) is 0 Å². The van der Waals surface area contributed by atoms with Crippen molar-refractivity contribution in [2.45, 2.75) is 0 Å². The zero-order valence-corrected chi connectivity index (χ0v) is 7.91. The molecule has 0 fully saturated rings. The van der Waals surface area contributed by atoms with Crippen molar-refractivity contribution in [2.75, 3.05) is 0 Å². The number of carbonyl (C=O) groups excluding carboxylic acids is 2. The Labute approximate surface area is 87.0 Å². The van der Waals surface area contributed by atoms with E-state index in [9.17, 15) is 19.8 Å². The van der Waals surface area contributed by atoms with E-state index in [1.54, 1.807) is 0 Å². The summed E-state index contributed by atoms with van der Waals surface area (Å²) in [7, 11) is 0. The summed E-state index contributed by atoms with van der Waals surface area (Å²) in [5, 5.41) is 20.6. The third kappa shape index (κ3) is 2.63. The van der Waals surface area contributed by atoms with Crippen molar-refractivity contribution in [1.82, 2.24) is 0 Å². The second kappa shape index (κ2) is 4.72. The largest absolute Gasteiger partial charge is 2.00 e. The maximum atomic E-state index is 10.3. The normalized spacial score (nSPS) is 8.62. The number of carboxylic acids is 2. The smallest absolute Gasteiger partial charge is 0.545 e. The summed E-state index contributed by atoms with van der Waals surface area (Å²) in [5.41, 5.74) is -0.727. The molecule has 0 aliphatic heterocycles. The van der Waals surface area contributed by atoms with Crippen LogP contribution in [0.25, 0.3) is 0 Å². The molecule has 0 amide bonds. The molecule has 0 atom stereocenters. The van der Waals surface area contributed by atoms with Crippen molar-refractivity contribution in [3.05, 3.63) is 35.4 Å². The summed E-state index contributed by atoms with van der Waals surface area (Å²) in [5.74, 6) is -3.04. The number of carbonyl (C=O) groups is 2. The SMILES string of the molecule is O=C([O-])c1ccccc1C(=O)[O-].[Rh+2]. The van der Waals surface area contributed by atoms with Crippen molar-refractivity contribution in [3.8, 4) is 0 Å². The number of rotatable bonds is 2. The summed E-state index contributed by atoms with van der Waals surface area (Å²) in [6.45, 7) is 0. The fraction of sp³-hybridized carbons (Fsp3) is 0. The molecule has 0 saturated heterocycles. The van der Waals surface area contributed by atoms with Crippen molar-refractivity contribution in [1.29, 1.82) is 0 Å². The fourth-order valence-corrected chi connectivity index (χ4v) is 0.839. The van der Waals surface area contributed by atoms with E-state index in [2.05, 4.69) is 0 Å². The van der Waals surface area contributed by atoms with E-state index < -0.39 is 11.9 Å². The molecular weight excluding hydrogens is 263 g/mol. The Morgan fingerprint density at radius 3 is 1.46 bits per heavy atom. The van der Waals surface area contributed by atoms with E-state index in [-0.39, 0.29) is 30.6 Å². The molecule has 0 N–H and O–H groups in total. The molecule has 1 radical (unpaired) electrons. The first-order valence-electron chi connectivity index (χ1n) is 3.14. The molecule has 69 valence electrons. The second-order valence-corrected chi connectivity index (χ2v) is 2.12. The minimum absolute atomic E-state index is 0. The number of hydrogen-bond acceptors (Lipinski definition) is 4. The predicted octanol–water partition coefficient (Wildman–Crippen LogP) is -1.59. The Balaban J connectivity index is 0.00000144. The Morgan fingerprint density at radius 2 is 1.23 bits per heavy atom. The topological polar surface area (TPSA) is 80.3 Å². The van der Waals surface area contributed by atoms with Gasteiger partial charge in [0.15, 0.2) is 0 Å². The number of hydrogen-bond donors (Lipinski definition) is 0. The number of benzene rings is 1. The molecule has 0 heterocycles. The molecular formula is C8H4O4Rh. The molecule has 0 bridgehead atoms. The summed E-state index contributed by atoms with van der Waals surface area (Å²) >= 11 is 0. The van der Waals surface area contributed by atoms with Crippen LogP contribution in [0.1, 0.15) is 20.7 Å².